The maximum Gasteiger partial charge on any atom is 0.144 e. The smallest absolute Gasteiger partial charge is 0.144 e. The van der Waals surface area contributed by atoms with Gasteiger partial charge >= 0.3 is 0 Å². The van der Waals surface area contributed by atoms with Crippen LogP contribution < -0.4 is 4.74 Å². The van der Waals surface area contributed by atoms with Gasteiger partial charge < -0.3 is 4.74 Å². The fourth-order valence-corrected chi connectivity index (χ4v) is 6.88. The highest BCUT2D eigenvalue weighted by molar-refractivity contribution is 6.09. The second-order valence-corrected chi connectivity index (χ2v) is 14.5. The summed E-state index contributed by atoms with van der Waals surface area (Å²) < 4.78 is 11.0. The highest BCUT2D eigenvalue weighted by Gasteiger charge is 2.25. The number of benzene rings is 5. The van der Waals surface area contributed by atoms with Crippen LogP contribution >= 0.6 is 0 Å². The van der Waals surface area contributed by atoms with Gasteiger partial charge in [-0.3, -0.25) is 9.13 Å². The second-order valence-electron chi connectivity index (χ2n) is 14.5. The van der Waals surface area contributed by atoms with Crippen LogP contribution in [-0.2, 0) is 10.8 Å². The van der Waals surface area contributed by atoms with Crippen LogP contribution in [-0.4, -0.2) is 19.1 Å². The van der Waals surface area contributed by atoms with E-state index in [0.29, 0.717) is 0 Å². The Morgan fingerprint density at radius 1 is 0.540 bits per heavy atom. The summed E-state index contributed by atoms with van der Waals surface area (Å²) in [7, 11) is 0. The summed E-state index contributed by atoms with van der Waals surface area (Å²) in [5.74, 6) is 3.24. The van der Waals surface area contributed by atoms with E-state index in [2.05, 4.69) is 146 Å². The minimum absolute atomic E-state index is 0.0160. The predicted molar refractivity (Wildman–Crippen MR) is 205 cm³/mol. The van der Waals surface area contributed by atoms with E-state index < -0.39 is 0 Å². The Labute approximate surface area is 293 Å². The average molecular weight is 653 g/mol. The summed E-state index contributed by atoms with van der Waals surface area (Å²) >= 11 is 0. The molecule has 0 fully saturated rings. The third kappa shape index (κ3) is 5.65. The third-order valence-corrected chi connectivity index (χ3v) is 9.80. The number of hydrogen-bond acceptors (Lipinski definition) is 3. The van der Waals surface area contributed by atoms with Crippen LogP contribution in [0.15, 0.2) is 152 Å². The van der Waals surface area contributed by atoms with Gasteiger partial charge in [0.2, 0.25) is 0 Å². The van der Waals surface area contributed by atoms with E-state index in [9.17, 15) is 0 Å². The van der Waals surface area contributed by atoms with Gasteiger partial charge in [-0.15, -0.1) is 0 Å². The molecule has 50 heavy (non-hydrogen) atoms. The first-order valence-corrected chi connectivity index (χ1v) is 17.1. The van der Waals surface area contributed by atoms with Gasteiger partial charge in [0.05, 0.1) is 11.0 Å². The maximum atomic E-state index is 6.60. The monoisotopic (exact) mass is 652 g/mol. The summed E-state index contributed by atoms with van der Waals surface area (Å²) in [4.78, 5) is 9.60. The summed E-state index contributed by atoms with van der Waals surface area (Å²) in [6.07, 6.45) is 5.74. The third-order valence-electron chi connectivity index (χ3n) is 9.80. The molecule has 5 aromatic carbocycles. The predicted octanol–water partition coefficient (Wildman–Crippen LogP) is 11.4. The largest absolute Gasteiger partial charge is 0.457 e. The summed E-state index contributed by atoms with van der Waals surface area (Å²) in [6, 6.07) is 46.7. The standard InChI is InChI=1S/C45H40N4O/c1-44(2,3)33-23-24-46-42(29-33)49-40-22-19-34(45(4,5)32-14-8-6-9-15-32)28-39(40)38-21-20-37(30-41(38)49)50-36-18-12-13-31(27-36)43-47-25-26-48(43)35-16-10-7-11-17-35/h6-30H,1-5H3. The first-order valence-electron chi connectivity index (χ1n) is 17.1. The first kappa shape index (κ1) is 31.3. The second kappa shape index (κ2) is 12.2. The Hall–Kier alpha value is -5.94. The van der Waals surface area contributed by atoms with E-state index in [-0.39, 0.29) is 10.8 Å². The zero-order chi connectivity index (χ0) is 34.5. The van der Waals surface area contributed by atoms with Crippen molar-refractivity contribution < 1.29 is 4.74 Å². The van der Waals surface area contributed by atoms with Gasteiger partial charge in [0.15, 0.2) is 0 Å². The molecule has 3 heterocycles. The molecule has 8 rings (SSSR count). The van der Waals surface area contributed by atoms with E-state index in [4.69, 9.17) is 9.72 Å². The van der Waals surface area contributed by atoms with Crippen LogP contribution in [0.5, 0.6) is 11.5 Å². The molecule has 0 aliphatic rings. The lowest BCUT2D eigenvalue weighted by atomic mass is 9.78. The molecular formula is C45H40N4O. The molecule has 8 aromatic rings. The number of pyridine rings is 1. The molecule has 0 spiro atoms. The number of fused-ring (bicyclic) bond motifs is 3. The number of rotatable bonds is 7. The lowest BCUT2D eigenvalue weighted by molar-refractivity contribution is 0.483. The minimum atomic E-state index is -0.169. The fourth-order valence-electron chi connectivity index (χ4n) is 6.88. The van der Waals surface area contributed by atoms with E-state index in [0.717, 1.165) is 50.8 Å². The summed E-state index contributed by atoms with van der Waals surface area (Å²) in [6.45, 7) is 11.3. The molecule has 0 bridgehead atoms. The van der Waals surface area contributed by atoms with Crippen molar-refractivity contribution in [2.45, 2.75) is 45.4 Å². The van der Waals surface area contributed by atoms with Gasteiger partial charge in [0.1, 0.15) is 23.1 Å². The highest BCUT2D eigenvalue weighted by Crippen LogP contribution is 2.40. The lowest BCUT2D eigenvalue weighted by Gasteiger charge is -2.26. The van der Waals surface area contributed by atoms with Crippen LogP contribution in [0.25, 0.3) is 44.7 Å². The molecule has 0 aliphatic heterocycles. The normalized spacial score (nSPS) is 12.1. The molecule has 3 aromatic heterocycles. The van der Waals surface area contributed by atoms with Crippen LogP contribution in [0.4, 0.5) is 0 Å². The molecule has 0 unspecified atom stereocenters. The number of nitrogens with zero attached hydrogens (tertiary/aromatic N) is 4. The van der Waals surface area contributed by atoms with E-state index in [1.807, 2.05) is 55.0 Å². The van der Waals surface area contributed by atoms with Gasteiger partial charge in [-0.25, -0.2) is 9.97 Å². The van der Waals surface area contributed by atoms with Crippen molar-refractivity contribution in [1.82, 2.24) is 19.1 Å². The fraction of sp³-hybridized carbons (Fsp3) is 0.156. The van der Waals surface area contributed by atoms with Gasteiger partial charge in [0.25, 0.3) is 0 Å². The van der Waals surface area contributed by atoms with Crippen molar-refractivity contribution in [2.75, 3.05) is 0 Å². The Bertz CT molecular complexity index is 2470. The number of hydrogen-bond donors (Lipinski definition) is 0. The molecule has 5 heteroatoms. The van der Waals surface area contributed by atoms with E-state index in [1.165, 1.54) is 22.1 Å². The molecule has 0 aliphatic carbocycles. The molecule has 0 saturated carbocycles. The molecule has 246 valence electrons. The van der Waals surface area contributed by atoms with Gasteiger partial charge in [-0.2, -0.15) is 0 Å². The van der Waals surface area contributed by atoms with Crippen molar-refractivity contribution in [3.8, 4) is 34.4 Å². The van der Waals surface area contributed by atoms with Crippen molar-refractivity contribution in [1.29, 1.82) is 0 Å². The SMILES string of the molecule is CC(C)(C)c1ccnc(-n2c3ccc(C(C)(C)c4ccccc4)cc3c3ccc(Oc4cccc(-c5nccn5-c5ccccc5)c4)cc32)c1. The van der Waals surface area contributed by atoms with Crippen LogP contribution in [0.1, 0.15) is 51.3 Å². The van der Waals surface area contributed by atoms with Crippen LogP contribution in [0.2, 0.25) is 0 Å². The topological polar surface area (TPSA) is 44.9 Å². The first-order chi connectivity index (χ1) is 24.2. The summed E-state index contributed by atoms with van der Waals surface area (Å²) in [5, 5.41) is 2.34. The van der Waals surface area contributed by atoms with Gasteiger partial charge in [-0.05, 0) is 82.8 Å². The molecule has 0 atom stereocenters. The van der Waals surface area contributed by atoms with Crippen molar-refractivity contribution in [3.05, 3.63) is 169 Å². The molecule has 0 N–H and O–H groups in total. The average Bonchev–Trinajstić information content (AvgIpc) is 3.75. The maximum absolute atomic E-state index is 6.60. The quantitative estimate of drug-likeness (QED) is 0.172. The van der Waals surface area contributed by atoms with Crippen LogP contribution in [0.3, 0.4) is 0 Å². The van der Waals surface area contributed by atoms with Crippen molar-refractivity contribution in [2.24, 2.45) is 0 Å². The van der Waals surface area contributed by atoms with Crippen LogP contribution in [0, 0.1) is 0 Å². The van der Waals surface area contributed by atoms with E-state index >= 15 is 0 Å². The highest BCUT2D eigenvalue weighted by atomic mass is 16.5. The Balaban J connectivity index is 1.24. The van der Waals surface area contributed by atoms with Crippen molar-refractivity contribution in [3.63, 3.8) is 0 Å². The minimum Gasteiger partial charge on any atom is -0.457 e. The lowest BCUT2D eigenvalue weighted by Crippen LogP contribution is -2.18. The molecule has 0 radical (unpaired) electrons. The Morgan fingerprint density at radius 3 is 2.08 bits per heavy atom. The molecule has 0 saturated heterocycles. The van der Waals surface area contributed by atoms with Gasteiger partial charge in [0, 0.05) is 52.1 Å². The van der Waals surface area contributed by atoms with E-state index in [1.54, 1.807) is 0 Å². The van der Waals surface area contributed by atoms with Crippen molar-refractivity contribution >= 4 is 21.8 Å². The number of para-hydroxylation sites is 1. The molecule has 0 amide bonds. The number of imidazole rings is 1. The molecular weight excluding hydrogens is 613 g/mol. The Morgan fingerprint density at radius 2 is 1.30 bits per heavy atom. The number of ether oxygens (including phenoxy) is 1. The zero-order valence-corrected chi connectivity index (χ0v) is 29.1. The Kier molecular flexibility index (Phi) is 7.64. The van der Waals surface area contributed by atoms with Gasteiger partial charge in [-0.1, -0.05) is 101 Å². The zero-order valence-electron chi connectivity index (χ0n) is 29.1. The molecule has 5 nitrogen and oxygen atoms in total. The number of aromatic nitrogens is 4. The summed E-state index contributed by atoms with van der Waals surface area (Å²) in [5.41, 5.74) is 7.78.